The van der Waals surface area contributed by atoms with E-state index < -0.39 is 0 Å². The van der Waals surface area contributed by atoms with E-state index in [4.69, 9.17) is 57.6 Å². The zero-order valence-electron chi connectivity index (χ0n) is 39.7. The first-order valence-corrected chi connectivity index (χ1v) is 28.5. The number of esters is 6. The van der Waals surface area contributed by atoms with Gasteiger partial charge in [-0.05, 0) is 88.2 Å². The van der Waals surface area contributed by atoms with Crippen molar-refractivity contribution < 1.29 is 61.9 Å². The van der Waals surface area contributed by atoms with E-state index in [1.807, 2.05) is 36.4 Å². The highest BCUT2D eigenvalue weighted by molar-refractivity contribution is 8.47. The van der Waals surface area contributed by atoms with Gasteiger partial charge in [0.2, 0.25) is 0 Å². The number of carbonyl (C=O) groups is 6. The van der Waals surface area contributed by atoms with Crippen LogP contribution in [0.25, 0.3) is 0 Å². The van der Waals surface area contributed by atoms with Gasteiger partial charge in [0.25, 0.3) is 0 Å². The van der Waals surface area contributed by atoms with Crippen molar-refractivity contribution in [2.75, 3.05) is 64.4 Å². The minimum absolute atomic E-state index is 0.102. The van der Waals surface area contributed by atoms with Crippen molar-refractivity contribution in [1.82, 2.24) is 0 Å². The summed E-state index contributed by atoms with van der Waals surface area (Å²) >= 11 is 16.9. The molecule has 69 heavy (non-hydrogen) atoms. The lowest BCUT2D eigenvalue weighted by atomic mass is 10.2. The molecule has 0 bridgehead atoms. The van der Waals surface area contributed by atoms with Gasteiger partial charge in [-0.3, -0.25) is 28.8 Å². The van der Waals surface area contributed by atoms with Crippen molar-refractivity contribution >= 4 is 114 Å². The molecule has 0 aliphatic carbocycles. The molecule has 0 spiro atoms. The third-order valence-electron chi connectivity index (χ3n) is 9.59. The number of benzene rings is 2. The topological polar surface area (TPSA) is 167 Å². The largest absolute Gasteiger partial charge is 0.466 e. The molecule has 384 valence electrons. The second-order valence-electron chi connectivity index (χ2n) is 15.4. The summed E-state index contributed by atoms with van der Waals surface area (Å²) in [5, 5.41) is 0. The van der Waals surface area contributed by atoms with Crippen molar-refractivity contribution in [2.24, 2.45) is 0 Å². The molecule has 0 fully saturated rings. The summed E-state index contributed by atoms with van der Waals surface area (Å²) in [6, 6.07) is 20.2. The number of carbonyl (C=O) groups excluding carboxylic acids is 6. The molecule has 0 amide bonds. The highest BCUT2D eigenvalue weighted by atomic mass is 32.2. The van der Waals surface area contributed by atoms with Gasteiger partial charge >= 0.3 is 35.8 Å². The van der Waals surface area contributed by atoms with E-state index in [0.29, 0.717) is 115 Å². The van der Waals surface area contributed by atoms with Crippen molar-refractivity contribution in [3.05, 3.63) is 71.8 Å². The van der Waals surface area contributed by atoms with Gasteiger partial charge in [0, 0.05) is 48.7 Å². The van der Waals surface area contributed by atoms with Gasteiger partial charge in [-0.15, -0.1) is 47.0 Å². The second-order valence-corrected chi connectivity index (χ2v) is 22.0. The molecule has 0 heterocycles. The molecule has 0 atom stereocenters. The number of hydrogen-bond donors (Lipinski definition) is 0. The van der Waals surface area contributed by atoms with E-state index in [-0.39, 0.29) is 75.1 Å². The average Bonchev–Trinajstić information content (AvgIpc) is 3.34. The Kier molecular flexibility index (Phi) is 39.1. The van der Waals surface area contributed by atoms with Crippen molar-refractivity contribution in [3.63, 3.8) is 0 Å². The fourth-order valence-corrected chi connectivity index (χ4v) is 10.1. The van der Waals surface area contributed by atoms with Crippen LogP contribution in [0, 0.1) is 0 Å². The molecule has 0 unspecified atom stereocenters. The summed E-state index contributed by atoms with van der Waals surface area (Å²) in [5.41, 5.74) is 2.42. The molecular formula is C50H70O13S6. The highest BCUT2D eigenvalue weighted by Crippen LogP contribution is 2.23. The first-order valence-electron chi connectivity index (χ1n) is 23.8. The van der Waals surface area contributed by atoms with E-state index in [0.717, 1.165) is 44.2 Å². The molecule has 2 rings (SSSR count). The normalized spacial score (nSPS) is 10.8. The Bertz CT molecular complexity index is 1630. The lowest BCUT2D eigenvalue weighted by molar-refractivity contribution is -0.148. The Morgan fingerprint density at radius 2 is 0.623 bits per heavy atom. The summed E-state index contributed by atoms with van der Waals surface area (Å²) in [4.78, 5) is 71.9. The van der Waals surface area contributed by atoms with Gasteiger partial charge in [0.1, 0.15) is 20.3 Å². The van der Waals surface area contributed by atoms with Crippen LogP contribution in [0.2, 0.25) is 0 Å². The van der Waals surface area contributed by atoms with Gasteiger partial charge in [-0.1, -0.05) is 85.1 Å². The fourth-order valence-electron chi connectivity index (χ4n) is 5.85. The molecule has 19 heteroatoms. The van der Waals surface area contributed by atoms with E-state index >= 15 is 0 Å². The zero-order valence-corrected chi connectivity index (χ0v) is 44.6. The van der Waals surface area contributed by atoms with Gasteiger partial charge < -0.3 is 33.2 Å². The highest BCUT2D eigenvalue weighted by Gasteiger charge is 2.10. The third kappa shape index (κ3) is 39.1. The predicted molar refractivity (Wildman–Crippen MR) is 285 cm³/mol. The number of rotatable bonds is 40. The lowest BCUT2D eigenvalue weighted by Gasteiger charge is -2.08. The zero-order chi connectivity index (χ0) is 49.8. The summed E-state index contributed by atoms with van der Waals surface area (Å²) in [6.07, 6.45) is 9.91. The Labute approximate surface area is 436 Å². The van der Waals surface area contributed by atoms with Crippen LogP contribution in [0.3, 0.4) is 0 Å². The summed E-state index contributed by atoms with van der Waals surface area (Å²) in [6.45, 7) is 1.83. The maximum atomic E-state index is 12.0. The first kappa shape index (κ1) is 61.9. The van der Waals surface area contributed by atoms with E-state index in [9.17, 15) is 28.8 Å². The maximum Gasteiger partial charge on any atom is 0.306 e. The number of hydrogen-bond acceptors (Lipinski definition) is 19. The SMILES string of the molecule is O=C(CCCCCOC(=O)CCSC(=S)SCc1ccccc1)OCCCCCC(=O)OCCOCCOC(=O)CCCCCOC(=O)CCCCCOC(=O)CCSC(=S)SCc1ccccc1. The Balaban J connectivity index is 1.25. The molecule has 13 nitrogen and oxygen atoms in total. The Morgan fingerprint density at radius 1 is 0.333 bits per heavy atom. The second kappa shape index (κ2) is 43.6. The molecule has 0 N–H and O–H groups in total. The Hall–Kier alpha value is -3.20. The average molecular weight is 1070 g/mol. The standard InChI is InChI=1S/C50H70O13S6/c51-43(23-11-3-17-31-60-47(55)27-37-66-49(64)68-39-41-19-7-1-8-20-41)58-29-15-5-13-25-45(53)62-35-33-57-34-36-63-46(54)26-14-6-16-30-59-44(52)24-12-4-18-32-61-48(56)28-38-67-50(65)69-40-42-21-9-2-10-22-42/h1-2,7-10,19-22H,3-6,11-18,23-40H2. The fraction of sp³-hybridized carbons (Fsp3) is 0.600. The van der Waals surface area contributed by atoms with Crippen LogP contribution in [0.4, 0.5) is 0 Å². The quantitative estimate of drug-likeness (QED) is 0.0267. The Morgan fingerprint density at radius 3 is 0.942 bits per heavy atom. The summed E-state index contributed by atoms with van der Waals surface area (Å²) in [7, 11) is 0. The first-order chi connectivity index (χ1) is 33.6. The van der Waals surface area contributed by atoms with Gasteiger partial charge in [0.05, 0.1) is 52.5 Å². The number of thioether (sulfide) groups is 4. The molecule has 0 aliphatic rings. The maximum absolute atomic E-state index is 12.0. The van der Waals surface area contributed by atoms with E-state index in [1.54, 1.807) is 23.5 Å². The van der Waals surface area contributed by atoms with Crippen LogP contribution in [0.5, 0.6) is 0 Å². The van der Waals surface area contributed by atoms with Gasteiger partial charge in [-0.25, -0.2) is 0 Å². The van der Waals surface area contributed by atoms with Gasteiger partial charge in [0.15, 0.2) is 0 Å². The minimum atomic E-state index is -0.330. The number of ether oxygens (including phenoxy) is 7. The molecule has 0 saturated heterocycles. The summed E-state index contributed by atoms with van der Waals surface area (Å²) < 4.78 is 38.5. The van der Waals surface area contributed by atoms with Crippen LogP contribution in [-0.4, -0.2) is 107 Å². The van der Waals surface area contributed by atoms with Gasteiger partial charge in [-0.2, -0.15) is 0 Å². The van der Waals surface area contributed by atoms with Crippen molar-refractivity contribution in [1.29, 1.82) is 0 Å². The third-order valence-corrected chi connectivity index (χ3v) is 15.1. The van der Waals surface area contributed by atoms with Crippen molar-refractivity contribution in [3.8, 4) is 0 Å². The van der Waals surface area contributed by atoms with Crippen molar-refractivity contribution in [2.45, 2.75) is 127 Å². The molecular weight excluding hydrogens is 1000 g/mol. The predicted octanol–water partition coefficient (Wildman–Crippen LogP) is 11.2. The van der Waals surface area contributed by atoms with Crippen LogP contribution >= 0.6 is 71.5 Å². The lowest BCUT2D eigenvalue weighted by Crippen LogP contribution is -2.14. The van der Waals surface area contributed by atoms with E-state index in [1.165, 1.54) is 34.7 Å². The molecule has 0 aromatic heterocycles. The van der Waals surface area contributed by atoms with Crippen LogP contribution in [0.1, 0.15) is 127 Å². The molecule has 0 saturated carbocycles. The smallest absolute Gasteiger partial charge is 0.306 e. The molecule has 2 aromatic carbocycles. The number of thiocarbonyl (C=S) groups is 2. The number of unbranched alkanes of at least 4 members (excludes halogenated alkanes) is 8. The van der Waals surface area contributed by atoms with E-state index in [2.05, 4.69) is 24.3 Å². The molecule has 0 radical (unpaired) electrons. The minimum Gasteiger partial charge on any atom is -0.466 e. The van der Waals surface area contributed by atoms with Crippen LogP contribution < -0.4 is 0 Å². The van der Waals surface area contributed by atoms with Crippen LogP contribution in [0.15, 0.2) is 60.7 Å². The summed E-state index contributed by atoms with van der Waals surface area (Å²) in [5.74, 6) is 1.13. The molecule has 0 aliphatic heterocycles. The molecule has 2 aromatic rings. The monoisotopic (exact) mass is 1070 g/mol. The van der Waals surface area contributed by atoms with Crippen LogP contribution in [-0.2, 0) is 73.4 Å².